The molecule has 0 aliphatic rings. The highest BCUT2D eigenvalue weighted by atomic mass is 31.2. The molecule has 0 amide bonds. The Labute approximate surface area is 153 Å². The Balaban J connectivity index is 6.63. The lowest BCUT2D eigenvalue weighted by atomic mass is 10.0. The summed E-state index contributed by atoms with van der Waals surface area (Å²) in [4.78, 5) is 0. The van der Waals surface area contributed by atoms with Crippen LogP contribution in [0.4, 0.5) is 30.7 Å². The number of unbranched alkanes of at least 4 members (excludes halogenated alkanes) is 2. The van der Waals surface area contributed by atoms with E-state index in [4.69, 9.17) is 9.05 Å². The van der Waals surface area contributed by atoms with Gasteiger partial charge in [-0.3, -0.25) is 4.57 Å². The highest BCUT2D eigenvalue weighted by molar-refractivity contribution is 7.58. The van der Waals surface area contributed by atoms with Crippen molar-refractivity contribution in [3.63, 3.8) is 0 Å². The largest absolute Gasteiger partial charge is 0.460 e. The summed E-state index contributed by atoms with van der Waals surface area (Å²) >= 11 is 0. The van der Waals surface area contributed by atoms with Crippen molar-refractivity contribution in [1.82, 2.24) is 0 Å². The molecule has 0 aliphatic heterocycles. The first kappa shape index (κ1) is 26.0. The second kappa shape index (κ2) is 9.94. The number of allylic oxidation sites excluding steroid dienone is 2. The van der Waals surface area contributed by atoms with Crippen molar-refractivity contribution >= 4 is 7.60 Å². The van der Waals surface area contributed by atoms with E-state index in [9.17, 15) is 35.3 Å². The first-order valence-electron chi connectivity index (χ1n) is 8.15. The molecule has 0 saturated heterocycles. The minimum absolute atomic E-state index is 0.0193. The normalized spacial score (nSPS) is 14.5. The summed E-state index contributed by atoms with van der Waals surface area (Å²) in [5.74, 6) is -8.40. The van der Waals surface area contributed by atoms with Gasteiger partial charge < -0.3 is 9.05 Å². The van der Waals surface area contributed by atoms with Crippen LogP contribution in [0.15, 0.2) is 10.9 Å². The molecule has 0 radical (unpaired) electrons. The second-order valence-corrected chi connectivity index (χ2v) is 7.53. The fourth-order valence-electron chi connectivity index (χ4n) is 1.85. The average Bonchev–Trinajstić information content (AvgIpc) is 2.53. The number of rotatable bonds is 9. The zero-order chi connectivity index (χ0) is 21.5. The maximum atomic E-state index is 14.3. The van der Waals surface area contributed by atoms with Gasteiger partial charge in [-0.15, -0.1) is 0 Å². The Morgan fingerprint density at radius 2 is 1.44 bits per heavy atom. The van der Waals surface area contributed by atoms with Crippen LogP contribution in [0.5, 0.6) is 0 Å². The third-order valence-corrected chi connectivity index (χ3v) is 5.55. The average molecular weight is 426 g/mol. The monoisotopic (exact) mass is 426 g/mol. The van der Waals surface area contributed by atoms with E-state index in [2.05, 4.69) is 5.92 Å². The Morgan fingerprint density at radius 3 is 1.81 bits per heavy atom. The summed E-state index contributed by atoms with van der Waals surface area (Å²) in [6.07, 6.45) is -5.56. The molecule has 0 atom stereocenters. The van der Waals surface area contributed by atoms with Gasteiger partial charge in [0.1, 0.15) is 0 Å². The van der Waals surface area contributed by atoms with E-state index in [1.54, 1.807) is 12.8 Å². The van der Waals surface area contributed by atoms with Crippen molar-refractivity contribution in [1.29, 1.82) is 0 Å². The Hall–Kier alpha value is -1.04. The lowest BCUT2D eigenvalue weighted by molar-refractivity contribution is -0.343. The van der Waals surface area contributed by atoms with Crippen molar-refractivity contribution in [2.24, 2.45) is 0 Å². The summed E-state index contributed by atoms with van der Waals surface area (Å²) in [5.41, 5.74) is -1.91. The van der Waals surface area contributed by atoms with Gasteiger partial charge in [-0.25, -0.2) is 0 Å². The van der Waals surface area contributed by atoms with Crippen LogP contribution in [-0.2, 0) is 13.6 Å². The van der Waals surface area contributed by atoms with Crippen LogP contribution in [0.3, 0.4) is 0 Å². The number of hydrogen-bond acceptors (Lipinski definition) is 3. The van der Waals surface area contributed by atoms with Crippen molar-refractivity contribution in [3.8, 4) is 11.8 Å². The summed E-state index contributed by atoms with van der Waals surface area (Å²) in [7, 11) is -4.54. The van der Waals surface area contributed by atoms with Crippen molar-refractivity contribution in [3.05, 3.63) is 10.9 Å². The molecule has 11 heteroatoms. The van der Waals surface area contributed by atoms with Crippen LogP contribution in [0.1, 0.15) is 47.0 Å². The summed E-state index contributed by atoms with van der Waals surface area (Å²) in [6, 6.07) is 0. The molecule has 0 unspecified atom stereocenters. The van der Waals surface area contributed by atoms with Gasteiger partial charge >= 0.3 is 25.6 Å². The topological polar surface area (TPSA) is 35.5 Å². The van der Waals surface area contributed by atoms with E-state index in [0.29, 0.717) is 19.8 Å². The number of halogens is 7. The smallest absolute Gasteiger partial charge is 0.306 e. The van der Waals surface area contributed by atoms with Crippen LogP contribution < -0.4 is 0 Å². The van der Waals surface area contributed by atoms with Crippen LogP contribution in [0.2, 0.25) is 0 Å². The van der Waals surface area contributed by atoms with Crippen molar-refractivity contribution in [2.45, 2.75) is 65.0 Å². The van der Waals surface area contributed by atoms with E-state index in [1.165, 1.54) is 13.8 Å². The van der Waals surface area contributed by atoms with Crippen LogP contribution in [0.25, 0.3) is 0 Å². The fraction of sp³-hybridized carbons (Fsp3) is 0.750. The predicted molar refractivity (Wildman–Crippen MR) is 86.8 cm³/mol. The maximum absolute atomic E-state index is 14.3. The van der Waals surface area contributed by atoms with Gasteiger partial charge in [-0.1, -0.05) is 25.2 Å². The molecule has 0 bridgehead atoms. The summed E-state index contributed by atoms with van der Waals surface area (Å²) in [5, 5.41) is -1.08. The Kier molecular flexibility index (Phi) is 9.56. The molecular formula is C16H22F7O3P. The second-order valence-electron chi connectivity index (χ2n) is 5.35. The van der Waals surface area contributed by atoms with Gasteiger partial charge in [0, 0.05) is 6.42 Å². The molecule has 0 heterocycles. The maximum Gasteiger partial charge on any atom is 0.460 e. The summed E-state index contributed by atoms with van der Waals surface area (Å²) < 4.78 is 115. The molecule has 158 valence electrons. The molecular weight excluding hydrogens is 404 g/mol. The number of hydrogen-bond donors (Lipinski definition) is 0. The molecule has 0 N–H and O–H groups in total. The first-order valence-corrected chi connectivity index (χ1v) is 9.69. The highest BCUT2D eigenvalue weighted by Gasteiger charge is 2.74. The number of alkyl halides is 7. The zero-order valence-corrected chi connectivity index (χ0v) is 16.2. The molecule has 0 spiro atoms. The van der Waals surface area contributed by atoms with E-state index >= 15 is 0 Å². The molecule has 0 aromatic rings. The molecule has 0 aromatic carbocycles. The van der Waals surface area contributed by atoms with Gasteiger partial charge in [0.15, 0.2) is 0 Å². The van der Waals surface area contributed by atoms with E-state index in [-0.39, 0.29) is 19.6 Å². The fourth-order valence-corrected chi connectivity index (χ4v) is 3.47. The SMILES string of the molecule is CCCCC#C/C(=C(\C)P(=O)(OCC)OCC)C(F)(F)C(F)(F)C(F)(F)F. The van der Waals surface area contributed by atoms with Gasteiger partial charge in [0.25, 0.3) is 0 Å². The van der Waals surface area contributed by atoms with Gasteiger partial charge in [-0.05, 0) is 27.2 Å². The Bertz CT molecular complexity index is 620. The molecule has 0 rings (SSSR count). The van der Waals surface area contributed by atoms with Crippen molar-refractivity contribution < 1.29 is 44.3 Å². The first-order chi connectivity index (χ1) is 12.2. The molecule has 0 aromatic heterocycles. The summed E-state index contributed by atoms with van der Waals surface area (Å²) in [6.45, 7) is 4.46. The lowest BCUT2D eigenvalue weighted by Gasteiger charge is -2.30. The van der Waals surface area contributed by atoms with Crippen LogP contribution in [-0.4, -0.2) is 31.2 Å². The Morgan fingerprint density at radius 1 is 0.963 bits per heavy atom. The van der Waals surface area contributed by atoms with Gasteiger partial charge in [-0.2, -0.15) is 30.7 Å². The third kappa shape index (κ3) is 5.97. The standard InChI is InChI=1S/C16H22F7O3P/c1-5-8-9-10-11-13(12(4)27(24,25-6-2)26-7-3)14(17,18)15(19,20)16(21,22)23/h5-9H2,1-4H3/b13-12-. The zero-order valence-electron chi connectivity index (χ0n) is 15.4. The molecule has 3 nitrogen and oxygen atoms in total. The molecule has 0 aliphatic carbocycles. The van der Waals surface area contributed by atoms with E-state index < -0.39 is 36.5 Å². The molecule has 27 heavy (non-hydrogen) atoms. The van der Waals surface area contributed by atoms with Crippen LogP contribution >= 0.6 is 7.60 Å². The van der Waals surface area contributed by atoms with Gasteiger partial charge in [0.05, 0.1) is 24.1 Å². The van der Waals surface area contributed by atoms with E-state index in [0.717, 1.165) is 0 Å². The van der Waals surface area contributed by atoms with Gasteiger partial charge in [0.2, 0.25) is 0 Å². The quantitative estimate of drug-likeness (QED) is 0.181. The molecule has 0 saturated carbocycles. The minimum atomic E-state index is -6.55. The van der Waals surface area contributed by atoms with Crippen molar-refractivity contribution in [2.75, 3.05) is 13.2 Å². The lowest BCUT2D eigenvalue weighted by Crippen LogP contribution is -2.53. The minimum Gasteiger partial charge on any atom is -0.306 e. The third-order valence-electron chi connectivity index (χ3n) is 3.30. The molecule has 0 fully saturated rings. The predicted octanol–water partition coefficient (Wildman–Crippen LogP) is 6.55. The highest BCUT2D eigenvalue weighted by Crippen LogP contribution is 2.60. The van der Waals surface area contributed by atoms with E-state index in [1.807, 2.05) is 0 Å². The van der Waals surface area contributed by atoms with Crippen LogP contribution in [0, 0.1) is 11.8 Å².